The Morgan fingerprint density at radius 1 is 1.05 bits per heavy atom. The maximum absolute atomic E-state index is 13.8. The van der Waals surface area contributed by atoms with Crippen molar-refractivity contribution in [3.8, 4) is 0 Å². The lowest BCUT2D eigenvalue weighted by molar-refractivity contribution is 0.639. The molecule has 0 bridgehead atoms. The standard InChI is InChI=1S/C15H11BrFNS/c16-12-7-8-19-15(12)14(18)11-5-6-13(17)10-4-2-1-3-9(10)11/h1-8,14H,18H2. The van der Waals surface area contributed by atoms with Crippen molar-refractivity contribution in [1.29, 1.82) is 0 Å². The molecule has 1 unspecified atom stereocenters. The van der Waals surface area contributed by atoms with E-state index in [1.807, 2.05) is 29.6 Å². The number of rotatable bonds is 2. The zero-order valence-corrected chi connectivity index (χ0v) is 12.3. The molecule has 1 atom stereocenters. The predicted molar refractivity (Wildman–Crippen MR) is 82.0 cm³/mol. The predicted octanol–water partition coefficient (Wildman–Crippen LogP) is 4.85. The van der Waals surface area contributed by atoms with E-state index in [1.165, 1.54) is 6.07 Å². The minimum absolute atomic E-state index is 0.211. The molecule has 2 aromatic carbocycles. The van der Waals surface area contributed by atoms with E-state index < -0.39 is 0 Å². The number of halogens is 2. The van der Waals surface area contributed by atoms with Crippen LogP contribution in [-0.2, 0) is 0 Å². The average molecular weight is 336 g/mol. The molecule has 0 aliphatic carbocycles. The minimum atomic E-state index is -0.250. The molecular weight excluding hydrogens is 325 g/mol. The second-order valence-electron chi connectivity index (χ2n) is 4.29. The van der Waals surface area contributed by atoms with Crippen LogP contribution >= 0.6 is 27.3 Å². The van der Waals surface area contributed by atoms with Gasteiger partial charge in [-0.3, -0.25) is 0 Å². The third-order valence-corrected chi connectivity index (χ3v) is 5.12. The first-order valence-electron chi connectivity index (χ1n) is 5.84. The van der Waals surface area contributed by atoms with Crippen LogP contribution in [0.5, 0.6) is 0 Å². The largest absolute Gasteiger partial charge is 0.320 e. The molecule has 1 aromatic heterocycles. The van der Waals surface area contributed by atoms with Crippen molar-refractivity contribution >= 4 is 38.0 Å². The Morgan fingerprint density at radius 3 is 2.47 bits per heavy atom. The van der Waals surface area contributed by atoms with Crippen LogP contribution in [-0.4, -0.2) is 0 Å². The van der Waals surface area contributed by atoms with Gasteiger partial charge in [0.05, 0.1) is 6.04 Å². The first-order valence-corrected chi connectivity index (χ1v) is 7.51. The molecule has 0 saturated heterocycles. The molecule has 0 radical (unpaired) electrons. The molecule has 4 heteroatoms. The van der Waals surface area contributed by atoms with E-state index in [2.05, 4.69) is 15.9 Å². The summed E-state index contributed by atoms with van der Waals surface area (Å²) >= 11 is 5.10. The van der Waals surface area contributed by atoms with E-state index in [0.717, 1.165) is 20.3 Å². The summed E-state index contributed by atoms with van der Waals surface area (Å²) in [6.07, 6.45) is 0. The van der Waals surface area contributed by atoms with Crippen LogP contribution < -0.4 is 5.73 Å². The summed E-state index contributed by atoms with van der Waals surface area (Å²) in [5, 5.41) is 3.48. The molecule has 0 aliphatic heterocycles. The molecule has 0 spiro atoms. The number of fused-ring (bicyclic) bond motifs is 1. The molecule has 2 N–H and O–H groups in total. The van der Waals surface area contributed by atoms with Crippen molar-refractivity contribution in [2.24, 2.45) is 5.73 Å². The SMILES string of the molecule is NC(c1sccc1Br)c1ccc(F)c2ccccc12. The average Bonchev–Trinajstić information content (AvgIpc) is 2.85. The highest BCUT2D eigenvalue weighted by molar-refractivity contribution is 9.10. The summed E-state index contributed by atoms with van der Waals surface area (Å²) < 4.78 is 14.8. The Hall–Kier alpha value is -1.23. The van der Waals surface area contributed by atoms with Crippen LogP contribution in [0, 0.1) is 5.82 Å². The zero-order valence-electron chi connectivity index (χ0n) is 9.94. The fourth-order valence-corrected chi connectivity index (χ4v) is 3.86. The van der Waals surface area contributed by atoms with Gasteiger partial charge in [-0.05, 0) is 44.4 Å². The third-order valence-electron chi connectivity index (χ3n) is 3.17. The summed E-state index contributed by atoms with van der Waals surface area (Å²) in [5.74, 6) is -0.211. The van der Waals surface area contributed by atoms with Gasteiger partial charge < -0.3 is 5.73 Å². The van der Waals surface area contributed by atoms with Gasteiger partial charge in [-0.1, -0.05) is 30.3 Å². The van der Waals surface area contributed by atoms with Crippen LogP contribution in [0.4, 0.5) is 4.39 Å². The summed E-state index contributed by atoms with van der Waals surface area (Å²) in [4.78, 5) is 1.05. The Bertz CT molecular complexity index is 738. The summed E-state index contributed by atoms with van der Waals surface area (Å²) in [5.41, 5.74) is 7.28. The van der Waals surface area contributed by atoms with Gasteiger partial charge in [-0.25, -0.2) is 4.39 Å². The second-order valence-corrected chi connectivity index (χ2v) is 6.09. The number of benzene rings is 2. The highest BCUT2D eigenvalue weighted by atomic mass is 79.9. The normalized spacial score (nSPS) is 12.8. The van der Waals surface area contributed by atoms with Gasteiger partial charge in [-0.2, -0.15) is 0 Å². The van der Waals surface area contributed by atoms with Crippen LogP contribution in [0.25, 0.3) is 10.8 Å². The lowest BCUT2D eigenvalue weighted by Gasteiger charge is -2.14. The number of hydrogen-bond donors (Lipinski definition) is 1. The smallest absolute Gasteiger partial charge is 0.131 e. The zero-order chi connectivity index (χ0) is 13.4. The number of hydrogen-bond acceptors (Lipinski definition) is 2. The highest BCUT2D eigenvalue weighted by Crippen LogP contribution is 2.35. The maximum atomic E-state index is 13.8. The van der Waals surface area contributed by atoms with Gasteiger partial charge in [-0.15, -0.1) is 11.3 Å². The fraction of sp³-hybridized carbons (Fsp3) is 0.0667. The van der Waals surface area contributed by atoms with Crippen LogP contribution in [0.3, 0.4) is 0 Å². The summed E-state index contributed by atoms with van der Waals surface area (Å²) in [6.45, 7) is 0. The van der Waals surface area contributed by atoms with Crippen LogP contribution in [0.15, 0.2) is 52.3 Å². The summed E-state index contributed by atoms with van der Waals surface area (Å²) in [6, 6.07) is 12.4. The molecule has 0 amide bonds. The highest BCUT2D eigenvalue weighted by Gasteiger charge is 2.17. The van der Waals surface area contributed by atoms with E-state index in [-0.39, 0.29) is 11.9 Å². The van der Waals surface area contributed by atoms with Crippen molar-refractivity contribution in [3.63, 3.8) is 0 Å². The van der Waals surface area contributed by atoms with Gasteiger partial charge >= 0.3 is 0 Å². The van der Waals surface area contributed by atoms with Crippen molar-refractivity contribution in [3.05, 3.63) is 68.6 Å². The first-order chi connectivity index (χ1) is 9.18. The Kier molecular flexibility index (Phi) is 3.39. The number of thiophene rings is 1. The molecule has 0 aliphatic rings. The Balaban J connectivity index is 2.21. The summed E-state index contributed by atoms with van der Waals surface area (Å²) in [7, 11) is 0. The maximum Gasteiger partial charge on any atom is 0.131 e. The van der Waals surface area contributed by atoms with E-state index >= 15 is 0 Å². The van der Waals surface area contributed by atoms with E-state index in [1.54, 1.807) is 23.5 Å². The van der Waals surface area contributed by atoms with Gasteiger partial charge in [0.15, 0.2) is 0 Å². The molecule has 1 heterocycles. The van der Waals surface area contributed by atoms with Crippen molar-refractivity contribution in [2.45, 2.75) is 6.04 Å². The number of nitrogens with two attached hydrogens (primary N) is 1. The van der Waals surface area contributed by atoms with Gasteiger partial charge in [0, 0.05) is 14.7 Å². The quantitative estimate of drug-likeness (QED) is 0.711. The Morgan fingerprint density at radius 2 is 1.79 bits per heavy atom. The minimum Gasteiger partial charge on any atom is -0.320 e. The van der Waals surface area contributed by atoms with Crippen molar-refractivity contribution < 1.29 is 4.39 Å². The lowest BCUT2D eigenvalue weighted by Crippen LogP contribution is -2.11. The molecule has 3 aromatic rings. The molecule has 19 heavy (non-hydrogen) atoms. The van der Waals surface area contributed by atoms with E-state index in [9.17, 15) is 4.39 Å². The molecule has 1 nitrogen and oxygen atoms in total. The third kappa shape index (κ3) is 2.20. The monoisotopic (exact) mass is 335 g/mol. The lowest BCUT2D eigenvalue weighted by atomic mass is 9.98. The van der Waals surface area contributed by atoms with Gasteiger partial charge in [0.1, 0.15) is 5.82 Å². The van der Waals surface area contributed by atoms with Crippen LogP contribution in [0.1, 0.15) is 16.5 Å². The van der Waals surface area contributed by atoms with Crippen molar-refractivity contribution in [1.82, 2.24) is 0 Å². The van der Waals surface area contributed by atoms with Gasteiger partial charge in [0.25, 0.3) is 0 Å². The molecule has 0 fully saturated rings. The van der Waals surface area contributed by atoms with Gasteiger partial charge in [0.2, 0.25) is 0 Å². The van der Waals surface area contributed by atoms with E-state index in [0.29, 0.717) is 5.39 Å². The second kappa shape index (κ2) is 5.04. The molecule has 96 valence electrons. The first kappa shape index (κ1) is 12.8. The molecular formula is C15H11BrFNS. The van der Waals surface area contributed by atoms with Crippen molar-refractivity contribution in [2.75, 3.05) is 0 Å². The molecule has 0 saturated carbocycles. The van der Waals surface area contributed by atoms with E-state index in [4.69, 9.17) is 5.73 Å². The fourth-order valence-electron chi connectivity index (χ4n) is 2.23. The Labute approximate surface area is 123 Å². The molecule has 3 rings (SSSR count). The topological polar surface area (TPSA) is 26.0 Å². The van der Waals surface area contributed by atoms with Crippen LogP contribution in [0.2, 0.25) is 0 Å².